The summed E-state index contributed by atoms with van der Waals surface area (Å²) in [7, 11) is 0. The number of nitrogens with zero attached hydrogens (tertiary/aromatic N) is 1. The van der Waals surface area contributed by atoms with Crippen LogP contribution in [0.3, 0.4) is 0 Å². The normalized spacial score (nSPS) is 16.9. The molecule has 0 amide bonds. The van der Waals surface area contributed by atoms with Gasteiger partial charge in [0.25, 0.3) is 0 Å². The molecule has 2 rings (SSSR count). The van der Waals surface area contributed by atoms with E-state index in [0.717, 1.165) is 0 Å². The zero-order valence-electron chi connectivity index (χ0n) is 8.83. The Morgan fingerprint density at radius 2 is 2.07 bits per heavy atom. The molecular weight excluding hydrogens is 190 g/mol. The maximum atomic E-state index is 2.43. The van der Waals surface area contributed by atoms with Crippen molar-refractivity contribution >= 4 is 11.8 Å². The van der Waals surface area contributed by atoms with E-state index in [0.29, 0.717) is 0 Å². The Morgan fingerprint density at radius 1 is 1.21 bits per heavy atom. The van der Waals surface area contributed by atoms with Gasteiger partial charge < -0.3 is 0 Å². The summed E-state index contributed by atoms with van der Waals surface area (Å²) in [6, 6.07) is 4.59. The van der Waals surface area contributed by atoms with Crippen LogP contribution in [-0.4, -0.2) is 6.26 Å². The first-order chi connectivity index (χ1) is 6.90. The Morgan fingerprint density at radius 3 is 2.93 bits per heavy atom. The van der Waals surface area contributed by atoms with Crippen LogP contribution in [-0.2, 0) is 13.0 Å². The maximum absolute atomic E-state index is 2.43. The Kier molecular flexibility index (Phi) is 3.46. The minimum Gasteiger partial charge on any atom is -0.202 e. The van der Waals surface area contributed by atoms with Crippen molar-refractivity contribution in [1.29, 1.82) is 0 Å². The fourth-order valence-electron chi connectivity index (χ4n) is 2.06. The molecule has 2 heterocycles. The average Bonchev–Trinajstić information content (AvgIpc) is 2.18. The zero-order chi connectivity index (χ0) is 9.80. The molecule has 76 valence electrons. The number of thioether (sulfide) groups is 1. The van der Waals surface area contributed by atoms with Crippen LogP contribution >= 0.6 is 11.8 Å². The lowest BCUT2D eigenvalue weighted by Gasteiger charge is -2.09. The number of aromatic nitrogens is 1. The fraction of sp³-hybridized carbons (Fsp3) is 0.583. The molecule has 14 heavy (non-hydrogen) atoms. The summed E-state index contributed by atoms with van der Waals surface area (Å²) in [5, 5.41) is 0. The Bertz CT molecular complexity index is 309. The molecule has 0 saturated heterocycles. The highest BCUT2D eigenvalue weighted by Gasteiger charge is 2.13. The van der Waals surface area contributed by atoms with Gasteiger partial charge in [-0.2, -0.15) is 0 Å². The third-order valence-electron chi connectivity index (χ3n) is 2.91. The van der Waals surface area contributed by atoms with Crippen molar-refractivity contribution in [3.63, 3.8) is 0 Å². The largest absolute Gasteiger partial charge is 0.202 e. The molecule has 1 nitrogen and oxygen atoms in total. The number of rotatable bonds is 1. The van der Waals surface area contributed by atoms with Crippen LogP contribution in [0, 0.1) is 0 Å². The Balaban J connectivity index is 2.26. The van der Waals surface area contributed by atoms with E-state index in [1.165, 1.54) is 49.2 Å². The van der Waals surface area contributed by atoms with E-state index >= 15 is 0 Å². The van der Waals surface area contributed by atoms with Crippen molar-refractivity contribution in [3.8, 4) is 0 Å². The molecule has 1 aliphatic rings. The first kappa shape index (κ1) is 10.0. The molecule has 1 aliphatic heterocycles. The fourth-order valence-corrected chi connectivity index (χ4v) is 2.51. The van der Waals surface area contributed by atoms with Crippen LogP contribution in [0.5, 0.6) is 0 Å². The smallest absolute Gasteiger partial charge is 0.182 e. The second-order valence-electron chi connectivity index (χ2n) is 3.92. The lowest BCUT2D eigenvalue weighted by molar-refractivity contribution is -0.705. The topological polar surface area (TPSA) is 3.88 Å². The molecule has 1 aromatic heterocycles. The van der Waals surface area contributed by atoms with Gasteiger partial charge in [0.15, 0.2) is 11.9 Å². The van der Waals surface area contributed by atoms with Crippen molar-refractivity contribution in [2.45, 2.75) is 43.5 Å². The third-order valence-corrected chi connectivity index (χ3v) is 3.64. The van der Waals surface area contributed by atoms with Crippen molar-refractivity contribution in [3.05, 3.63) is 24.0 Å². The van der Waals surface area contributed by atoms with Gasteiger partial charge in [0, 0.05) is 29.9 Å². The summed E-state index contributed by atoms with van der Waals surface area (Å²) in [5.41, 5.74) is 1.52. The van der Waals surface area contributed by atoms with Crippen LogP contribution in [0.4, 0.5) is 0 Å². The van der Waals surface area contributed by atoms with Gasteiger partial charge in [0.2, 0.25) is 0 Å². The van der Waals surface area contributed by atoms with E-state index in [1.807, 2.05) is 11.8 Å². The van der Waals surface area contributed by atoms with Gasteiger partial charge in [0.1, 0.15) is 6.54 Å². The van der Waals surface area contributed by atoms with Crippen LogP contribution < -0.4 is 4.57 Å². The first-order valence-electron chi connectivity index (χ1n) is 5.46. The lowest BCUT2D eigenvalue weighted by Crippen LogP contribution is -2.38. The molecule has 0 aliphatic carbocycles. The third kappa shape index (κ3) is 2.30. The SMILES string of the molecule is CSc1cc[n+]2c(c1)CCCCCC2. The molecule has 0 bridgehead atoms. The van der Waals surface area contributed by atoms with Crippen LogP contribution in [0.15, 0.2) is 23.2 Å². The molecule has 2 heteroatoms. The van der Waals surface area contributed by atoms with Gasteiger partial charge in [-0.3, -0.25) is 0 Å². The number of fused-ring (bicyclic) bond motifs is 1. The standard InChI is InChI=1S/C12H18NS/c1-14-12-7-9-13-8-5-3-2-4-6-11(13)10-12/h7,9-10H,2-6,8H2,1H3/q+1. The zero-order valence-corrected chi connectivity index (χ0v) is 9.65. The molecule has 0 unspecified atom stereocenters. The highest BCUT2D eigenvalue weighted by atomic mass is 32.2. The number of hydrogen-bond donors (Lipinski definition) is 0. The van der Waals surface area contributed by atoms with Crippen LogP contribution in [0.25, 0.3) is 0 Å². The summed E-state index contributed by atoms with van der Waals surface area (Å²) < 4.78 is 2.43. The molecule has 0 spiro atoms. The molecule has 1 aromatic rings. The maximum Gasteiger partial charge on any atom is 0.182 e. The average molecular weight is 208 g/mol. The molecule has 0 fully saturated rings. The van der Waals surface area contributed by atoms with Gasteiger partial charge >= 0.3 is 0 Å². The van der Waals surface area contributed by atoms with Crippen LogP contribution in [0.2, 0.25) is 0 Å². The predicted octanol–water partition coefficient (Wildman–Crippen LogP) is 2.81. The van der Waals surface area contributed by atoms with Crippen molar-refractivity contribution in [2.24, 2.45) is 0 Å². The Labute approximate surface area is 90.5 Å². The number of pyridine rings is 1. The highest BCUT2D eigenvalue weighted by molar-refractivity contribution is 7.98. The molecule has 0 saturated carbocycles. The van der Waals surface area contributed by atoms with Crippen molar-refractivity contribution < 1.29 is 4.57 Å². The molecule has 0 N–H and O–H groups in total. The van der Waals surface area contributed by atoms with E-state index in [9.17, 15) is 0 Å². The minimum atomic E-state index is 1.21. The van der Waals surface area contributed by atoms with Crippen molar-refractivity contribution in [1.82, 2.24) is 0 Å². The quantitative estimate of drug-likeness (QED) is 0.507. The number of hydrogen-bond acceptors (Lipinski definition) is 1. The first-order valence-corrected chi connectivity index (χ1v) is 6.69. The Hall–Kier alpha value is -0.500. The number of aryl methyl sites for hydroxylation is 2. The summed E-state index contributed by atoms with van der Waals surface area (Å²) in [4.78, 5) is 1.40. The van der Waals surface area contributed by atoms with E-state index < -0.39 is 0 Å². The summed E-state index contributed by atoms with van der Waals surface area (Å²) >= 11 is 1.84. The van der Waals surface area contributed by atoms with Gasteiger partial charge in [-0.05, 0) is 19.1 Å². The van der Waals surface area contributed by atoms with Gasteiger partial charge in [-0.1, -0.05) is 6.42 Å². The van der Waals surface area contributed by atoms with Gasteiger partial charge in [0.05, 0.1) is 0 Å². The second kappa shape index (κ2) is 4.83. The van der Waals surface area contributed by atoms with Gasteiger partial charge in [-0.25, -0.2) is 4.57 Å². The van der Waals surface area contributed by atoms with E-state index in [4.69, 9.17) is 0 Å². The van der Waals surface area contributed by atoms with E-state index in [-0.39, 0.29) is 0 Å². The summed E-state index contributed by atoms with van der Waals surface area (Å²) in [6.45, 7) is 1.21. The second-order valence-corrected chi connectivity index (χ2v) is 4.80. The van der Waals surface area contributed by atoms with Crippen molar-refractivity contribution in [2.75, 3.05) is 6.26 Å². The predicted molar refractivity (Wildman–Crippen MR) is 60.6 cm³/mol. The monoisotopic (exact) mass is 208 g/mol. The highest BCUT2D eigenvalue weighted by Crippen LogP contribution is 2.16. The lowest BCUT2D eigenvalue weighted by atomic mass is 10.1. The molecular formula is C12H18NS+. The summed E-state index contributed by atoms with van der Waals surface area (Å²) in [5.74, 6) is 0. The van der Waals surface area contributed by atoms with Crippen LogP contribution in [0.1, 0.15) is 31.4 Å². The van der Waals surface area contributed by atoms with E-state index in [1.54, 1.807) is 0 Å². The minimum absolute atomic E-state index is 1.21. The van der Waals surface area contributed by atoms with E-state index in [2.05, 4.69) is 29.2 Å². The molecule has 0 radical (unpaired) electrons. The molecule has 0 aromatic carbocycles. The molecule has 0 atom stereocenters. The summed E-state index contributed by atoms with van der Waals surface area (Å²) in [6.07, 6.45) is 11.2. The van der Waals surface area contributed by atoms with Gasteiger partial charge in [-0.15, -0.1) is 11.8 Å².